The summed E-state index contributed by atoms with van der Waals surface area (Å²) in [6, 6.07) is 12.2. The van der Waals surface area contributed by atoms with E-state index in [2.05, 4.69) is 27.2 Å². The van der Waals surface area contributed by atoms with Gasteiger partial charge in [0.2, 0.25) is 5.91 Å². The Hall–Kier alpha value is -2.69. The molecule has 7 heteroatoms. The van der Waals surface area contributed by atoms with Gasteiger partial charge in [-0.1, -0.05) is 35.7 Å². The van der Waals surface area contributed by atoms with Gasteiger partial charge < -0.3 is 5.32 Å². The van der Waals surface area contributed by atoms with Gasteiger partial charge in [0, 0.05) is 23.2 Å². The number of nitro groups is 1. The number of terminal acetylenes is 1. The molecule has 1 amide bonds. The lowest BCUT2D eigenvalue weighted by molar-refractivity contribution is -0.384. The molecule has 6 nitrogen and oxygen atoms in total. The number of non-ortho nitro benzene ring substituents is 1. The molecule has 0 bridgehead atoms. The third-order valence-corrected chi connectivity index (χ3v) is 4.30. The number of amides is 1. The molecule has 2 rings (SSSR count). The molecule has 0 unspecified atom stereocenters. The van der Waals surface area contributed by atoms with Gasteiger partial charge >= 0.3 is 0 Å². The minimum Gasteiger partial charge on any atom is -0.324 e. The second-order valence-electron chi connectivity index (χ2n) is 5.80. The summed E-state index contributed by atoms with van der Waals surface area (Å²) in [5.74, 6) is 2.31. The average Bonchev–Trinajstić information content (AvgIpc) is 2.58. The Labute approximate surface area is 160 Å². The van der Waals surface area contributed by atoms with E-state index in [1.165, 1.54) is 18.2 Å². The zero-order valence-corrected chi connectivity index (χ0v) is 15.8. The Balaban J connectivity index is 2.02. The monoisotopic (exact) mass is 415 g/mol. The lowest BCUT2D eigenvalue weighted by atomic mass is 10.1. The highest BCUT2D eigenvalue weighted by Gasteiger charge is 2.14. The first-order valence-electron chi connectivity index (χ1n) is 7.84. The van der Waals surface area contributed by atoms with Gasteiger partial charge in [0.05, 0.1) is 23.7 Å². The maximum absolute atomic E-state index is 12.3. The van der Waals surface area contributed by atoms with Gasteiger partial charge in [-0.2, -0.15) is 0 Å². The number of rotatable bonds is 7. The highest BCUT2D eigenvalue weighted by molar-refractivity contribution is 9.10. The molecule has 26 heavy (non-hydrogen) atoms. The van der Waals surface area contributed by atoms with Gasteiger partial charge in [-0.05, 0) is 34.5 Å². The van der Waals surface area contributed by atoms with Crippen LogP contribution in [0.15, 0.2) is 46.9 Å². The Morgan fingerprint density at radius 1 is 1.31 bits per heavy atom. The standard InChI is InChI=1S/C19H18BrN3O3/c1-3-10-22(12-15-6-4-14(2)5-7-15)13-19(24)21-18-9-8-16(23(25)26)11-17(18)20/h1,4-9,11H,10,12-13H2,2H3,(H,21,24). The SMILES string of the molecule is C#CCN(CC(=O)Nc1ccc([N+](=O)[O-])cc1Br)Cc1ccc(C)cc1. The number of nitro benzene ring substituents is 1. The van der Waals surface area contributed by atoms with Crippen LogP contribution in [-0.4, -0.2) is 28.8 Å². The molecule has 0 aliphatic carbocycles. The summed E-state index contributed by atoms with van der Waals surface area (Å²) in [7, 11) is 0. The number of benzene rings is 2. The summed E-state index contributed by atoms with van der Waals surface area (Å²) in [5.41, 5.74) is 2.65. The Morgan fingerprint density at radius 2 is 2.00 bits per heavy atom. The van der Waals surface area contributed by atoms with Crippen molar-refractivity contribution >= 4 is 33.2 Å². The van der Waals surface area contributed by atoms with E-state index in [1.54, 1.807) is 0 Å². The third-order valence-electron chi connectivity index (χ3n) is 3.65. The molecule has 0 atom stereocenters. The number of carbonyl (C=O) groups is 1. The predicted octanol–water partition coefficient (Wildman–Crippen LogP) is 3.74. The molecule has 2 aromatic carbocycles. The summed E-state index contributed by atoms with van der Waals surface area (Å²) < 4.78 is 0.446. The van der Waals surface area contributed by atoms with E-state index in [0.29, 0.717) is 23.2 Å². The minimum atomic E-state index is -0.493. The number of carbonyl (C=O) groups excluding carboxylic acids is 1. The maximum atomic E-state index is 12.3. The lowest BCUT2D eigenvalue weighted by Crippen LogP contribution is -2.33. The summed E-state index contributed by atoms with van der Waals surface area (Å²) in [5, 5.41) is 13.5. The van der Waals surface area contributed by atoms with E-state index >= 15 is 0 Å². The molecule has 0 aromatic heterocycles. The number of aryl methyl sites for hydroxylation is 1. The van der Waals surface area contributed by atoms with Crippen molar-refractivity contribution in [1.29, 1.82) is 0 Å². The number of hydrogen-bond acceptors (Lipinski definition) is 4. The third kappa shape index (κ3) is 5.69. The molecule has 0 radical (unpaired) electrons. The van der Waals surface area contributed by atoms with Gasteiger partial charge in [-0.25, -0.2) is 0 Å². The Morgan fingerprint density at radius 3 is 2.58 bits per heavy atom. The predicted molar refractivity (Wildman–Crippen MR) is 105 cm³/mol. The van der Waals surface area contributed by atoms with Crippen molar-refractivity contribution in [1.82, 2.24) is 4.90 Å². The molecule has 0 saturated carbocycles. The van der Waals surface area contributed by atoms with Crippen LogP contribution in [0.1, 0.15) is 11.1 Å². The molecule has 0 saturated heterocycles. The number of hydrogen-bond donors (Lipinski definition) is 1. The molecular weight excluding hydrogens is 398 g/mol. The summed E-state index contributed by atoms with van der Waals surface area (Å²) in [6.07, 6.45) is 5.41. The van der Waals surface area contributed by atoms with Gasteiger partial charge in [0.25, 0.3) is 5.69 Å². The maximum Gasteiger partial charge on any atom is 0.270 e. The van der Waals surface area contributed by atoms with E-state index in [9.17, 15) is 14.9 Å². The van der Waals surface area contributed by atoms with Crippen LogP contribution in [-0.2, 0) is 11.3 Å². The van der Waals surface area contributed by atoms with Gasteiger partial charge in [0.1, 0.15) is 0 Å². The van der Waals surface area contributed by atoms with Crippen LogP contribution in [0.4, 0.5) is 11.4 Å². The van der Waals surface area contributed by atoms with Crippen molar-refractivity contribution in [3.8, 4) is 12.3 Å². The molecule has 0 heterocycles. The summed E-state index contributed by atoms with van der Waals surface area (Å²) in [6.45, 7) is 3.02. The largest absolute Gasteiger partial charge is 0.324 e. The van der Waals surface area contributed by atoms with Gasteiger partial charge in [0.15, 0.2) is 0 Å². The van der Waals surface area contributed by atoms with Crippen molar-refractivity contribution in [3.63, 3.8) is 0 Å². The fourth-order valence-corrected chi connectivity index (χ4v) is 2.83. The fourth-order valence-electron chi connectivity index (χ4n) is 2.36. The molecule has 0 fully saturated rings. The number of nitrogens with zero attached hydrogens (tertiary/aromatic N) is 2. The summed E-state index contributed by atoms with van der Waals surface area (Å²) >= 11 is 3.24. The van der Waals surface area contributed by atoms with Crippen LogP contribution < -0.4 is 5.32 Å². The van der Waals surface area contributed by atoms with E-state index < -0.39 is 4.92 Å². The van der Waals surface area contributed by atoms with Crippen LogP contribution in [0.3, 0.4) is 0 Å². The van der Waals surface area contributed by atoms with Crippen LogP contribution >= 0.6 is 15.9 Å². The summed E-state index contributed by atoms with van der Waals surface area (Å²) in [4.78, 5) is 24.5. The highest BCUT2D eigenvalue weighted by atomic mass is 79.9. The van der Waals surface area contributed by atoms with Gasteiger partial charge in [-0.15, -0.1) is 6.42 Å². The smallest absolute Gasteiger partial charge is 0.270 e. The van der Waals surface area contributed by atoms with E-state index in [4.69, 9.17) is 6.42 Å². The molecule has 0 spiro atoms. The first-order chi connectivity index (χ1) is 12.4. The van der Waals surface area contributed by atoms with Crippen LogP contribution in [0.5, 0.6) is 0 Å². The lowest BCUT2D eigenvalue weighted by Gasteiger charge is -2.19. The van der Waals surface area contributed by atoms with Crippen LogP contribution in [0.25, 0.3) is 0 Å². The highest BCUT2D eigenvalue weighted by Crippen LogP contribution is 2.27. The second kappa shape index (κ2) is 9.13. The topological polar surface area (TPSA) is 75.5 Å². The Kier molecular flexibility index (Phi) is 6.89. The molecule has 1 N–H and O–H groups in total. The molecule has 134 valence electrons. The van der Waals surface area contributed by atoms with Crippen molar-refractivity contribution in [2.24, 2.45) is 0 Å². The minimum absolute atomic E-state index is 0.0526. The first-order valence-corrected chi connectivity index (χ1v) is 8.63. The number of nitrogens with one attached hydrogen (secondary N) is 1. The second-order valence-corrected chi connectivity index (χ2v) is 6.66. The van der Waals surface area contributed by atoms with Gasteiger partial charge in [-0.3, -0.25) is 19.8 Å². The molecular formula is C19H18BrN3O3. The first kappa shape index (κ1) is 19.6. The Bertz CT molecular complexity index is 844. The molecule has 0 aliphatic heterocycles. The number of anilines is 1. The van der Waals surface area contributed by atoms with Crippen molar-refractivity contribution in [3.05, 3.63) is 68.2 Å². The molecule has 0 aliphatic rings. The van der Waals surface area contributed by atoms with Crippen molar-refractivity contribution in [2.75, 3.05) is 18.4 Å². The van der Waals surface area contributed by atoms with E-state index in [0.717, 1.165) is 11.1 Å². The quantitative estimate of drug-likeness (QED) is 0.424. The normalized spacial score (nSPS) is 10.4. The van der Waals surface area contributed by atoms with Crippen LogP contribution in [0.2, 0.25) is 0 Å². The number of halogens is 1. The molecule has 2 aromatic rings. The van der Waals surface area contributed by atoms with E-state index in [-0.39, 0.29) is 18.1 Å². The zero-order chi connectivity index (χ0) is 19.1. The average molecular weight is 416 g/mol. The van der Waals surface area contributed by atoms with E-state index in [1.807, 2.05) is 36.1 Å². The van der Waals surface area contributed by atoms with Crippen molar-refractivity contribution < 1.29 is 9.72 Å². The zero-order valence-electron chi connectivity index (χ0n) is 14.2. The fraction of sp³-hybridized carbons (Fsp3) is 0.211. The van der Waals surface area contributed by atoms with Crippen LogP contribution in [0, 0.1) is 29.4 Å². The van der Waals surface area contributed by atoms with Crippen molar-refractivity contribution in [2.45, 2.75) is 13.5 Å².